The number of halogens is 2. The van der Waals surface area contributed by atoms with Gasteiger partial charge in [0.25, 0.3) is 0 Å². The molecule has 0 bridgehead atoms. The van der Waals surface area contributed by atoms with Crippen molar-refractivity contribution < 1.29 is 4.42 Å². The van der Waals surface area contributed by atoms with Crippen LogP contribution < -0.4 is 0 Å². The molecule has 0 aliphatic heterocycles. The summed E-state index contributed by atoms with van der Waals surface area (Å²) < 4.78 is 7.05. The fraction of sp³-hybridized carbons (Fsp3) is 0. The van der Waals surface area contributed by atoms with Gasteiger partial charge in [0.05, 0.1) is 14.3 Å². The number of fused-ring (bicyclic) bond motifs is 1. The van der Waals surface area contributed by atoms with Gasteiger partial charge in [0, 0.05) is 12.4 Å². The molecule has 11 heavy (non-hydrogen) atoms. The van der Waals surface area contributed by atoms with Crippen molar-refractivity contribution in [3.8, 4) is 0 Å². The molecule has 0 saturated heterocycles. The van der Waals surface area contributed by atoms with Crippen molar-refractivity contribution in [2.45, 2.75) is 0 Å². The summed E-state index contributed by atoms with van der Waals surface area (Å²) in [7, 11) is 0. The minimum atomic E-state index is 0.826. The zero-order chi connectivity index (χ0) is 7.84. The topological polar surface area (TPSA) is 26.0 Å². The quantitative estimate of drug-likeness (QED) is 0.738. The summed E-state index contributed by atoms with van der Waals surface area (Å²) in [5.74, 6) is 0. The Hall–Kier alpha value is -0.350. The zero-order valence-electron chi connectivity index (χ0n) is 5.34. The monoisotopic (exact) mass is 275 g/mol. The molecule has 2 aromatic heterocycles. The van der Waals surface area contributed by atoms with E-state index in [0.29, 0.717) is 0 Å². The van der Waals surface area contributed by atoms with E-state index in [1.165, 1.54) is 0 Å². The summed E-state index contributed by atoms with van der Waals surface area (Å²) >= 11 is 6.68. The Morgan fingerprint density at radius 2 is 2.00 bits per heavy atom. The highest BCUT2D eigenvalue weighted by atomic mass is 79.9. The molecule has 2 aromatic rings. The Bertz CT molecular complexity index is 396. The van der Waals surface area contributed by atoms with Gasteiger partial charge in [0.2, 0.25) is 0 Å². The molecular weight excluding hydrogens is 274 g/mol. The molecule has 0 fully saturated rings. The molecule has 4 heteroatoms. The molecule has 0 saturated carbocycles. The highest BCUT2D eigenvalue weighted by Gasteiger charge is 2.05. The molecule has 2 nitrogen and oxygen atoms in total. The number of hydrogen-bond donors (Lipinski definition) is 0. The second-order valence-corrected chi connectivity index (χ2v) is 3.79. The molecule has 0 aromatic carbocycles. The first-order chi connectivity index (χ1) is 5.29. The predicted octanol–water partition coefficient (Wildman–Crippen LogP) is 3.35. The largest absolute Gasteiger partial charge is 0.462 e. The number of furan rings is 1. The van der Waals surface area contributed by atoms with Crippen LogP contribution in [0.3, 0.4) is 0 Å². The second kappa shape index (κ2) is 2.60. The molecule has 0 aliphatic carbocycles. The van der Waals surface area contributed by atoms with E-state index in [-0.39, 0.29) is 0 Å². The van der Waals surface area contributed by atoms with E-state index in [0.717, 1.165) is 19.9 Å². The Morgan fingerprint density at radius 1 is 1.18 bits per heavy atom. The average molecular weight is 277 g/mol. The van der Waals surface area contributed by atoms with Crippen LogP contribution in [-0.2, 0) is 0 Å². The van der Waals surface area contributed by atoms with Gasteiger partial charge >= 0.3 is 0 Å². The molecule has 0 spiro atoms. The number of nitrogens with zero attached hydrogens (tertiary/aromatic N) is 1. The van der Waals surface area contributed by atoms with Crippen LogP contribution >= 0.6 is 31.9 Å². The van der Waals surface area contributed by atoms with E-state index in [1.54, 1.807) is 18.7 Å². The maximum absolute atomic E-state index is 5.25. The fourth-order valence-corrected chi connectivity index (χ4v) is 1.69. The molecule has 0 atom stereocenters. The van der Waals surface area contributed by atoms with Crippen LogP contribution in [0.1, 0.15) is 0 Å². The lowest BCUT2D eigenvalue weighted by Crippen LogP contribution is -1.71. The van der Waals surface area contributed by atoms with Gasteiger partial charge in [-0.3, -0.25) is 4.98 Å². The number of pyridine rings is 1. The van der Waals surface area contributed by atoms with Gasteiger partial charge in [0.1, 0.15) is 6.26 Å². The molecule has 0 amide bonds. The minimum Gasteiger partial charge on any atom is -0.462 e. The standard InChI is InChI=1S/C7H3Br2NO/c8-5-2-10-1-4-6(9)3-11-7(4)5/h1-3H. The average Bonchev–Trinajstić information content (AvgIpc) is 2.35. The molecular formula is C7H3Br2NO. The minimum absolute atomic E-state index is 0.826. The smallest absolute Gasteiger partial charge is 0.152 e. The molecule has 56 valence electrons. The van der Waals surface area contributed by atoms with E-state index in [1.807, 2.05) is 0 Å². The summed E-state index contributed by atoms with van der Waals surface area (Å²) in [6.07, 6.45) is 5.11. The summed E-state index contributed by atoms with van der Waals surface area (Å²) in [4.78, 5) is 4.01. The van der Waals surface area contributed by atoms with E-state index in [4.69, 9.17) is 4.42 Å². The van der Waals surface area contributed by atoms with Crippen LogP contribution in [0, 0.1) is 0 Å². The van der Waals surface area contributed by atoms with E-state index in [2.05, 4.69) is 36.8 Å². The van der Waals surface area contributed by atoms with Crippen molar-refractivity contribution in [2.24, 2.45) is 0 Å². The van der Waals surface area contributed by atoms with Gasteiger partial charge in [-0.25, -0.2) is 0 Å². The number of aromatic nitrogens is 1. The molecule has 0 N–H and O–H groups in total. The molecule has 2 rings (SSSR count). The van der Waals surface area contributed by atoms with E-state index in [9.17, 15) is 0 Å². The third-order valence-electron chi connectivity index (χ3n) is 1.39. The Kier molecular flexibility index (Phi) is 1.73. The van der Waals surface area contributed by atoms with Gasteiger partial charge < -0.3 is 4.42 Å². The maximum Gasteiger partial charge on any atom is 0.152 e. The van der Waals surface area contributed by atoms with Crippen molar-refractivity contribution >= 4 is 42.8 Å². The number of hydrogen-bond acceptors (Lipinski definition) is 2. The number of rotatable bonds is 0. The second-order valence-electron chi connectivity index (χ2n) is 2.08. The normalized spacial score (nSPS) is 10.7. The van der Waals surface area contributed by atoms with Crippen LogP contribution in [-0.4, -0.2) is 4.98 Å². The summed E-state index contributed by atoms with van der Waals surface area (Å²) in [6, 6.07) is 0. The van der Waals surface area contributed by atoms with E-state index < -0.39 is 0 Å². The van der Waals surface area contributed by atoms with Crippen LogP contribution in [0.25, 0.3) is 11.0 Å². The van der Waals surface area contributed by atoms with E-state index >= 15 is 0 Å². The van der Waals surface area contributed by atoms with Gasteiger partial charge in [-0.1, -0.05) is 0 Å². The third-order valence-corrected chi connectivity index (χ3v) is 2.57. The maximum atomic E-state index is 5.25. The fourth-order valence-electron chi connectivity index (χ4n) is 0.887. The lowest BCUT2D eigenvalue weighted by atomic mass is 10.3. The summed E-state index contributed by atoms with van der Waals surface area (Å²) in [6.45, 7) is 0. The van der Waals surface area contributed by atoms with Crippen LogP contribution in [0.4, 0.5) is 0 Å². The van der Waals surface area contributed by atoms with Crippen molar-refractivity contribution in [2.75, 3.05) is 0 Å². The SMILES string of the molecule is Brc1coc2c(Br)cncc12. The van der Waals surface area contributed by atoms with Crippen molar-refractivity contribution in [1.29, 1.82) is 0 Å². The lowest BCUT2D eigenvalue weighted by molar-refractivity contribution is 0.611. The van der Waals surface area contributed by atoms with Gasteiger partial charge in [-0.2, -0.15) is 0 Å². The highest BCUT2D eigenvalue weighted by molar-refractivity contribution is 9.11. The van der Waals surface area contributed by atoms with Crippen molar-refractivity contribution in [3.05, 3.63) is 27.6 Å². The zero-order valence-corrected chi connectivity index (χ0v) is 8.52. The third kappa shape index (κ3) is 1.10. The molecule has 0 radical (unpaired) electrons. The molecule has 2 heterocycles. The molecule has 0 aliphatic rings. The Balaban J connectivity index is 2.94. The van der Waals surface area contributed by atoms with Crippen LogP contribution in [0.2, 0.25) is 0 Å². The first kappa shape index (κ1) is 7.31. The lowest BCUT2D eigenvalue weighted by Gasteiger charge is -1.89. The van der Waals surface area contributed by atoms with Gasteiger partial charge in [0.15, 0.2) is 5.58 Å². The van der Waals surface area contributed by atoms with Crippen LogP contribution in [0.15, 0.2) is 32.0 Å². The Morgan fingerprint density at radius 3 is 2.73 bits per heavy atom. The van der Waals surface area contributed by atoms with Crippen molar-refractivity contribution in [1.82, 2.24) is 4.98 Å². The van der Waals surface area contributed by atoms with Gasteiger partial charge in [-0.05, 0) is 31.9 Å². The Labute approximate surface area is 79.9 Å². The summed E-state index contributed by atoms with van der Waals surface area (Å²) in [5, 5.41) is 0.986. The first-order valence-electron chi connectivity index (χ1n) is 2.95. The van der Waals surface area contributed by atoms with Gasteiger partial charge in [-0.15, -0.1) is 0 Å². The van der Waals surface area contributed by atoms with Crippen LogP contribution in [0.5, 0.6) is 0 Å². The highest BCUT2D eigenvalue weighted by Crippen LogP contribution is 2.29. The predicted molar refractivity (Wildman–Crippen MR) is 49.4 cm³/mol. The summed E-state index contributed by atoms with van der Waals surface area (Å²) in [5.41, 5.74) is 0.826. The first-order valence-corrected chi connectivity index (χ1v) is 4.54. The molecule has 0 unspecified atom stereocenters. The van der Waals surface area contributed by atoms with Crippen molar-refractivity contribution in [3.63, 3.8) is 0 Å².